The molecule has 0 spiro atoms. The van der Waals surface area contributed by atoms with Gasteiger partial charge in [0.05, 0.1) is 4.47 Å². The maximum atomic E-state index is 12.2. The molecule has 1 aliphatic rings. The Labute approximate surface area is 112 Å². The minimum absolute atomic E-state index is 0.0133. The molecular formula is C12H12BrNO4. The van der Waals surface area contributed by atoms with Gasteiger partial charge >= 0.3 is 5.97 Å². The summed E-state index contributed by atoms with van der Waals surface area (Å²) in [6, 6.07) is 4.47. The van der Waals surface area contributed by atoms with Gasteiger partial charge in [-0.2, -0.15) is 0 Å². The molecule has 96 valence electrons. The fraction of sp³-hybridized carbons (Fsp3) is 0.333. The second kappa shape index (κ2) is 4.97. The van der Waals surface area contributed by atoms with Crippen molar-refractivity contribution < 1.29 is 19.8 Å². The summed E-state index contributed by atoms with van der Waals surface area (Å²) in [5.74, 6) is -1.42. The molecule has 18 heavy (non-hydrogen) atoms. The first-order valence-corrected chi connectivity index (χ1v) is 6.29. The van der Waals surface area contributed by atoms with Crippen LogP contribution >= 0.6 is 15.9 Å². The van der Waals surface area contributed by atoms with Crippen LogP contribution in [0, 0.1) is 0 Å². The van der Waals surface area contributed by atoms with Crippen molar-refractivity contribution in [3.63, 3.8) is 0 Å². The highest BCUT2D eigenvalue weighted by atomic mass is 79.9. The zero-order chi connectivity index (χ0) is 13.3. The highest BCUT2D eigenvalue weighted by molar-refractivity contribution is 9.10. The van der Waals surface area contributed by atoms with Crippen LogP contribution in [0.5, 0.6) is 5.75 Å². The molecule has 0 heterocycles. The lowest BCUT2D eigenvalue weighted by Gasteiger charge is -2.20. The van der Waals surface area contributed by atoms with Crippen LogP contribution in [-0.4, -0.2) is 39.6 Å². The minimum Gasteiger partial charge on any atom is -0.507 e. The van der Waals surface area contributed by atoms with E-state index in [0.29, 0.717) is 10.0 Å². The van der Waals surface area contributed by atoms with Crippen LogP contribution in [0.2, 0.25) is 0 Å². The maximum absolute atomic E-state index is 12.2. The molecule has 2 rings (SSSR count). The number of carboxylic acid groups (broad SMARTS) is 1. The van der Waals surface area contributed by atoms with Crippen LogP contribution in [0.4, 0.5) is 0 Å². The van der Waals surface area contributed by atoms with Gasteiger partial charge in [-0.1, -0.05) is 0 Å². The smallest absolute Gasteiger partial charge is 0.323 e. The third-order valence-corrected chi connectivity index (χ3v) is 3.42. The van der Waals surface area contributed by atoms with E-state index in [1.807, 2.05) is 0 Å². The highest BCUT2D eigenvalue weighted by Crippen LogP contribution is 2.30. The molecule has 0 aliphatic heterocycles. The van der Waals surface area contributed by atoms with Gasteiger partial charge in [0.15, 0.2) is 0 Å². The average Bonchev–Trinajstić information content (AvgIpc) is 3.12. The van der Waals surface area contributed by atoms with Gasteiger partial charge in [-0.15, -0.1) is 0 Å². The number of hydrogen-bond acceptors (Lipinski definition) is 3. The lowest BCUT2D eigenvalue weighted by molar-refractivity contribution is -0.137. The van der Waals surface area contributed by atoms with Gasteiger partial charge in [-0.3, -0.25) is 9.59 Å². The Morgan fingerprint density at radius 1 is 1.39 bits per heavy atom. The van der Waals surface area contributed by atoms with Crippen molar-refractivity contribution >= 4 is 27.8 Å². The third-order valence-electron chi connectivity index (χ3n) is 2.75. The maximum Gasteiger partial charge on any atom is 0.323 e. The Balaban J connectivity index is 2.21. The molecule has 6 heteroatoms. The number of carbonyl (C=O) groups excluding carboxylic acids is 1. The lowest BCUT2D eigenvalue weighted by atomic mass is 10.2. The quantitative estimate of drug-likeness (QED) is 0.889. The van der Waals surface area contributed by atoms with Crippen molar-refractivity contribution in [3.8, 4) is 5.75 Å². The van der Waals surface area contributed by atoms with E-state index in [4.69, 9.17) is 5.11 Å². The van der Waals surface area contributed by atoms with E-state index in [-0.39, 0.29) is 24.2 Å². The Kier molecular flexibility index (Phi) is 3.56. The summed E-state index contributed by atoms with van der Waals surface area (Å²) in [5, 5.41) is 18.3. The summed E-state index contributed by atoms with van der Waals surface area (Å²) in [5.41, 5.74) is 0.295. The first-order valence-electron chi connectivity index (χ1n) is 5.50. The van der Waals surface area contributed by atoms with Crippen molar-refractivity contribution in [1.29, 1.82) is 0 Å². The topological polar surface area (TPSA) is 77.8 Å². The van der Waals surface area contributed by atoms with Gasteiger partial charge in [-0.25, -0.2) is 0 Å². The summed E-state index contributed by atoms with van der Waals surface area (Å²) in [7, 11) is 0. The summed E-state index contributed by atoms with van der Waals surface area (Å²) in [6.07, 6.45) is 1.67. The van der Waals surface area contributed by atoms with Gasteiger partial charge in [0, 0.05) is 11.6 Å². The van der Waals surface area contributed by atoms with Gasteiger partial charge in [-0.05, 0) is 47.0 Å². The summed E-state index contributed by atoms with van der Waals surface area (Å²) < 4.78 is 0.496. The number of halogens is 1. The Morgan fingerprint density at radius 3 is 2.56 bits per heavy atom. The van der Waals surface area contributed by atoms with Crippen LogP contribution in [0.1, 0.15) is 23.2 Å². The van der Waals surface area contributed by atoms with E-state index in [0.717, 1.165) is 12.8 Å². The van der Waals surface area contributed by atoms with Crippen molar-refractivity contribution in [3.05, 3.63) is 28.2 Å². The largest absolute Gasteiger partial charge is 0.507 e. The SMILES string of the molecule is O=C(O)CN(C(=O)c1ccc(Br)c(O)c1)C1CC1. The predicted octanol–water partition coefficient (Wildman–Crippen LogP) is 1.84. The van der Waals surface area contributed by atoms with E-state index in [2.05, 4.69) is 15.9 Å². The normalized spacial score (nSPS) is 14.3. The Hall–Kier alpha value is -1.56. The van der Waals surface area contributed by atoms with Crippen LogP contribution in [0.15, 0.2) is 22.7 Å². The van der Waals surface area contributed by atoms with E-state index < -0.39 is 5.97 Å². The summed E-state index contributed by atoms with van der Waals surface area (Å²) >= 11 is 3.13. The molecule has 0 bridgehead atoms. The number of carbonyl (C=O) groups is 2. The molecular weight excluding hydrogens is 302 g/mol. The molecule has 1 saturated carbocycles. The van der Waals surface area contributed by atoms with Gasteiger partial charge < -0.3 is 15.1 Å². The van der Waals surface area contributed by atoms with Crippen LogP contribution in [-0.2, 0) is 4.79 Å². The molecule has 1 aromatic rings. The molecule has 0 atom stereocenters. The van der Waals surface area contributed by atoms with Gasteiger partial charge in [0.2, 0.25) is 0 Å². The Morgan fingerprint density at radius 2 is 2.06 bits per heavy atom. The molecule has 5 nitrogen and oxygen atoms in total. The number of aliphatic carboxylic acids is 1. The predicted molar refractivity (Wildman–Crippen MR) is 67.5 cm³/mol. The number of nitrogens with zero attached hydrogens (tertiary/aromatic N) is 1. The molecule has 0 saturated heterocycles. The molecule has 1 aromatic carbocycles. The number of hydrogen-bond donors (Lipinski definition) is 2. The zero-order valence-corrected chi connectivity index (χ0v) is 11.1. The molecule has 2 N–H and O–H groups in total. The number of carboxylic acids is 1. The Bertz CT molecular complexity index is 499. The number of rotatable bonds is 4. The molecule has 0 aromatic heterocycles. The number of phenolic OH excluding ortho intramolecular Hbond substituents is 1. The molecule has 1 aliphatic carbocycles. The fourth-order valence-electron chi connectivity index (χ4n) is 1.71. The molecule has 1 fully saturated rings. The second-order valence-electron chi connectivity index (χ2n) is 4.22. The summed E-state index contributed by atoms with van der Waals surface area (Å²) in [6.45, 7) is -0.305. The van der Waals surface area contributed by atoms with Crippen molar-refractivity contribution in [1.82, 2.24) is 4.90 Å². The van der Waals surface area contributed by atoms with Crippen molar-refractivity contribution in [2.24, 2.45) is 0 Å². The van der Waals surface area contributed by atoms with Crippen LogP contribution < -0.4 is 0 Å². The standard InChI is InChI=1S/C12H12BrNO4/c13-9-4-1-7(5-10(9)15)12(18)14(6-11(16)17)8-2-3-8/h1,4-5,8,15H,2-3,6H2,(H,16,17). The molecule has 0 radical (unpaired) electrons. The minimum atomic E-state index is -1.03. The van der Waals surface area contributed by atoms with E-state index >= 15 is 0 Å². The monoisotopic (exact) mass is 313 g/mol. The van der Waals surface area contributed by atoms with E-state index in [9.17, 15) is 14.7 Å². The molecule has 0 unspecified atom stereocenters. The molecule has 1 amide bonds. The van der Waals surface area contributed by atoms with Crippen LogP contribution in [0.25, 0.3) is 0 Å². The first-order chi connectivity index (χ1) is 8.49. The van der Waals surface area contributed by atoms with E-state index in [1.165, 1.54) is 11.0 Å². The highest BCUT2D eigenvalue weighted by Gasteiger charge is 2.34. The first kappa shape index (κ1) is 12.9. The van der Waals surface area contributed by atoms with Gasteiger partial charge in [0.25, 0.3) is 5.91 Å². The average molecular weight is 314 g/mol. The number of benzene rings is 1. The lowest BCUT2D eigenvalue weighted by Crippen LogP contribution is -2.37. The summed E-state index contributed by atoms with van der Waals surface area (Å²) in [4.78, 5) is 24.2. The fourth-order valence-corrected chi connectivity index (χ4v) is 1.96. The number of aromatic hydroxyl groups is 1. The van der Waals surface area contributed by atoms with Crippen molar-refractivity contribution in [2.45, 2.75) is 18.9 Å². The third kappa shape index (κ3) is 2.81. The number of amides is 1. The zero-order valence-electron chi connectivity index (χ0n) is 9.47. The number of phenols is 1. The van der Waals surface area contributed by atoms with Gasteiger partial charge in [0.1, 0.15) is 12.3 Å². The second-order valence-corrected chi connectivity index (χ2v) is 5.08. The van der Waals surface area contributed by atoms with E-state index in [1.54, 1.807) is 12.1 Å². The van der Waals surface area contributed by atoms with Crippen molar-refractivity contribution in [2.75, 3.05) is 6.54 Å². The van der Waals surface area contributed by atoms with Crippen LogP contribution in [0.3, 0.4) is 0 Å².